The van der Waals surface area contributed by atoms with Crippen LogP contribution < -0.4 is 5.43 Å². The molecule has 128 valence electrons. The number of carbonyl (C=O) groups is 1. The SMILES string of the molecule is O=C(N/N=C/c1c(Cl)cccc1Cl)C(F)(F)C(F)(F)C(F)(F)F. The normalized spacial score (nSPS) is 13.4. The average molecular weight is 385 g/mol. The lowest BCUT2D eigenvalue weighted by molar-refractivity contribution is -0.344. The Bertz CT molecular complexity index is 611. The predicted octanol–water partition coefficient (Wildman–Crippen LogP) is 4.28. The van der Waals surface area contributed by atoms with Crippen molar-refractivity contribution in [2.75, 3.05) is 0 Å². The monoisotopic (exact) mass is 384 g/mol. The molecule has 0 atom stereocenters. The van der Waals surface area contributed by atoms with Gasteiger partial charge in [-0.25, -0.2) is 5.43 Å². The average Bonchev–Trinajstić information content (AvgIpc) is 2.40. The Balaban J connectivity index is 2.94. The van der Waals surface area contributed by atoms with Gasteiger partial charge in [-0.15, -0.1) is 0 Å². The zero-order valence-corrected chi connectivity index (χ0v) is 12.1. The topological polar surface area (TPSA) is 41.5 Å². The highest BCUT2D eigenvalue weighted by Gasteiger charge is 2.76. The van der Waals surface area contributed by atoms with Crippen LogP contribution in [-0.4, -0.2) is 30.1 Å². The Morgan fingerprint density at radius 1 is 1.04 bits per heavy atom. The van der Waals surface area contributed by atoms with Gasteiger partial charge in [0.1, 0.15) is 0 Å². The van der Waals surface area contributed by atoms with Crippen LogP contribution in [0.4, 0.5) is 30.7 Å². The van der Waals surface area contributed by atoms with Crippen LogP contribution in [0.3, 0.4) is 0 Å². The Labute approximate surface area is 134 Å². The summed E-state index contributed by atoms with van der Waals surface area (Å²) in [7, 11) is 0. The molecule has 0 spiro atoms. The van der Waals surface area contributed by atoms with Gasteiger partial charge in [-0.3, -0.25) is 4.79 Å². The van der Waals surface area contributed by atoms with E-state index in [9.17, 15) is 35.5 Å². The van der Waals surface area contributed by atoms with Crippen molar-refractivity contribution in [1.29, 1.82) is 0 Å². The number of nitrogens with one attached hydrogen (secondary N) is 1. The number of carbonyl (C=O) groups excluding carboxylic acids is 1. The number of benzene rings is 1. The van der Waals surface area contributed by atoms with Crippen LogP contribution in [0.15, 0.2) is 23.3 Å². The van der Waals surface area contributed by atoms with E-state index in [-0.39, 0.29) is 15.6 Å². The molecule has 3 nitrogen and oxygen atoms in total. The Morgan fingerprint density at radius 3 is 1.96 bits per heavy atom. The molecular weight excluding hydrogens is 380 g/mol. The molecule has 0 aromatic heterocycles. The van der Waals surface area contributed by atoms with Gasteiger partial charge in [0, 0.05) is 5.56 Å². The van der Waals surface area contributed by atoms with Gasteiger partial charge in [-0.05, 0) is 12.1 Å². The summed E-state index contributed by atoms with van der Waals surface area (Å²) in [6.45, 7) is 0. The third-order valence-corrected chi connectivity index (χ3v) is 3.05. The fourth-order valence-electron chi connectivity index (χ4n) is 1.18. The summed E-state index contributed by atoms with van der Waals surface area (Å²) >= 11 is 11.3. The van der Waals surface area contributed by atoms with Crippen molar-refractivity contribution in [2.24, 2.45) is 5.10 Å². The van der Waals surface area contributed by atoms with Crippen LogP contribution in [0.25, 0.3) is 0 Å². The first kappa shape index (κ1) is 19.5. The molecule has 1 aromatic rings. The predicted molar refractivity (Wildman–Crippen MR) is 68.1 cm³/mol. The van der Waals surface area contributed by atoms with E-state index in [1.165, 1.54) is 18.2 Å². The minimum absolute atomic E-state index is 0.0251. The smallest absolute Gasteiger partial charge is 0.266 e. The minimum atomic E-state index is -6.62. The lowest BCUT2D eigenvalue weighted by Gasteiger charge is -2.26. The van der Waals surface area contributed by atoms with Crippen LogP contribution >= 0.6 is 23.2 Å². The van der Waals surface area contributed by atoms with Gasteiger partial charge in [0.2, 0.25) is 0 Å². The summed E-state index contributed by atoms with van der Waals surface area (Å²) in [5.74, 6) is -15.6. The van der Waals surface area contributed by atoms with E-state index in [1.54, 1.807) is 0 Å². The third kappa shape index (κ3) is 3.86. The summed E-state index contributed by atoms with van der Waals surface area (Å²) in [6, 6.07) is 4.03. The first-order valence-electron chi connectivity index (χ1n) is 5.42. The van der Waals surface area contributed by atoms with Gasteiger partial charge in [0.25, 0.3) is 0 Å². The van der Waals surface area contributed by atoms with Gasteiger partial charge in [0.15, 0.2) is 0 Å². The summed E-state index contributed by atoms with van der Waals surface area (Å²) in [4.78, 5) is 10.9. The van der Waals surface area contributed by atoms with Crippen LogP contribution in [0.5, 0.6) is 0 Å². The maximum absolute atomic E-state index is 13.0. The second-order valence-electron chi connectivity index (χ2n) is 3.98. The van der Waals surface area contributed by atoms with Crippen molar-refractivity contribution in [3.63, 3.8) is 0 Å². The highest BCUT2D eigenvalue weighted by Crippen LogP contribution is 2.46. The third-order valence-electron chi connectivity index (χ3n) is 2.39. The lowest BCUT2D eigenvalue weighted by Crippen LogP contribution is -2.58. The van der Waals surface area contributed by atoms with Crippen molar-refractivity contribution >= 4 is 35.3 Å². The molecule has 12 heteroatoms. The highest BCUT2D eigenvalue weighted by atomic mass is 35.5. The van der Waals surface area contributed by atoms with Crippen LogP contribution in [0.1, 0.15) is 5.56 Å². The van der Waals surface area contributed by atoms with Crippen LogP contribution in [0.2, 0.25) is 10.0 Å². The molecule has 0 saturated carbocycles. The number of alkyl halides is 7. The number of hydrogen-bond acceptors (Lipinski definition) is 2. The molecule has 0 heterocycles. The summed E-state index contributed by atoms with van der Waals surface area (Å²) in [5, 5.41) is 2.80. The van der Waals surface area contributed by atoms with Crippen LogP contribution in [0, 0.1) is 0 Å². The van der Waals surface area contributed by atoms with Crippen molar-refractivity contribution in [2.45, 2.75) is 18.0 Å². The van der Waals surface area contributed by atoms with E-state index >= 15 is 0 Å². The maximum atomic E-state index is 13.0. The fourth-order valence-corrected chi connectivity index (χ4v) is 1.68. The zero-order valence-electron chi connectivity index (χ0n) is 10.6. The van der Waals surface area contributed by atoms with E-state index in [2.05, 4.69) is 5.10 Å². The second-order valence-corrected chi connectivity index (χ2v) is 4.80. The van der Waals surface area contributed by atoms with E-state index in [0.717, 1.165) is 5.43 Å². The summed E-state index contributed by atoms with van der Waals surface area (Å²) in [6.07, 6.45) is -6.01. The lowest BCUT2D eigenvalue weighted by atomic mass is 10.1. The molecule has 0 aliphatic carbocycles. The zero-order chi connectivity index (χ0) is 18.1. The number of hydrogen-bond donors (Lipinski definition) is 1. The molecule has 23 heavy (non-hydrogen) atoms. The number of halogens is 9. The number of hydrazone groups is 1. The number of rotatable bonds is 4. The molecule has 0 radical (unpaired) electrons. The maximum Gasteiger partial charge on any atom is 0.460 e. The molecule has 1 rings (SSSR count). The van der Waals surface area contributed by atoms with E-state index < -0.39 is 23.9 Å². The number of nitrogens with zero attached hydrogens (tertiary/aromatic N) is 1. The largest absolute Gasteiger partial charge is 0.460 e. The van der Waals surface area contributed by atoms with Gasteiger partial charge in [0.05, 0.1) is 16.3 Å². The fraction of sp³-hybridized carbons (Fsp3) is 0.273. The van der Waals surface area contributed by atoms with Crippen LogP contribution in [-0.2, 0) is 4.79 Å². The van der Waals surface area contributed by atoms with E-state index in [1.807, 2.05) is 0 Å². The van der Waals surface area contributed by atoms with Gasteiger partial charge >= 0.3 is 23.9 Å². The van der Waals surface area contributed by atoms with Crippen molar-refractivity contribution < 1.29 is 35.5 Å². The van der Waals surface area contributed by atoms with Crippen molar-refractivity contribution in [3.8, 4) is 0 Å². The molecule has 1 aromatic carbocycles. The van der Waals surface area contributed by atoms with E-state index in [0.29, 0.717) is 6.21 Å². The highest BCUT2D eigenvalue weighted by molar-refractivity contribution is 6.38. The quantitative estimate of drug-likeness (QED) is 0.470. The number of amides is 1. The molecule has 0 aliphatic rings. The molecule has 0 bridgehead atoms. The molecule has 1 N–H and O–H groups in total. The molecular formula is C11H5Cl2F7N2O. The Kier molecular flexibility index (Phi) is 5.53. The standard InChI is InChI=1S/C11H5Cl2F7N2O/c12-6-2-1-3-7(13)5(6)4-21-22-8(23)9(14,15)10(16,17)11(18,19)20/h1-4H,(H,22,23)/b21-4+. The summed E-state index contributed by atoms with van der Waals surface area (Å²) in [5.41, 5.74) is 0.820. The second kappa shape index (κ2) is 6.52. The molecule has 0 unspecified atom stereocenters. The van der Waals surface area contributed by atoms with Crippen molar-refractivity contribution in [1.82, 2.24) is 5.43 Å². The Hall–Kier alpha value is -1.55. The van der Waals surface area contributed by atoms with E-state index in [4.69, 9.17) is 23.2 Å². The molecule has 1 amide bonds. The molecule has 0 fully saturated rings. The first-order valence-corrected chi connectivity index (χ1v) is 6.18. The first-order chi connectivity index (χ1) is 10.3. The van der Waals surface area contributed by atoms with Gasteiger partial charge in [-0.1, -0.05) is 29.3 Å². The molecule has 0 saturated heterocycles. The van der Waals surface area contributed by atoms with Crippen molar-refractivity contribution in [3.05, 3.63) is 33.8 Å². The van der Waals surface area contributed by atoms with Gasteiger partial charge < -0.3 is 0 Å². The van der Waals surface area contributed by atoms with Gasteiger partial charge in [-0.2, -0.15) is 35.8 Å². The minimum Gasteiger partial charge on any atom is -0.266 e. The summed E-state index contributed by atoms with van der Waals surface area (Å²) < 4.78 is 86.8. The Morgan fingerprint density at radius 2 is 1.52 bits per heavy atom. The molecule has 0 aliphatic heterocycles.